The highest BCUT2D eigenvalue weighted by Gasteiger charge is 2.19. The zero-order valence-electron chi connectivity index (χ0n) is 28.0. The van der Waals surface area contributed by atoms with Gasteiger partial charge >= 0.3 is 0 Å². The molecule has 7 aromatic carbocycles. The van der Waals surface area contributed by atoms with E-state index in [4.69, 9.17) is 15.0 Å². The van der Waals surface area contributed by atoms with Crippen molar-refractivity contribution in [1.29, 1.82) is 0 Å². The molecule has 0 aliphatic heterocycles. The van der Waals surface area contributed by atoms with Crippen LogP contribution in [0.1, 0.15) is 0 Å². The molecule has 5 nitrogen and oxygen atoms in total. The molecule has 0 fully saturated rings. The van der Waals surface area contributed by atoms with Crippen molar-refractivity contribution in [2.45, 2.75) is 0 Å². The molecule has 0 bridgehead atoms. The van der Waals surface area contributed by atoms with Crippen molar-refractivity contribution in [3.05, 3.63) is 176 Å². The number of rotatable bonds is 5. The largest absolute Gasteiger partial charge is 0.264 e. The number of hydrogen-bond acceptors (Lipinski definition) is 5. The van der Waals surface area contributed by atoms with Gasteiger partial charge in [0.05, 0.1) is 0 Å². The minimum atomic E-state index is 0.556. The molecule has 0 atom stereocenters. The Morgan fingerprint density at radius 3 is 1.44 bits per heavy atom. The molecule has 0 saturated heterocycles. The SMILES string of the molecule is c1cncc(-c2nc(-c3cccnc3)nc(-c3ccc(-c4cccc5c6ccccc6c6ccccc6c45)c(-c4cccc5ccccc45)c3)n2)c1. The summed E-state index contributed by atoms with van der Waals surface area (Å²) in [7, 11) is 0. The van der Waals surface area contributed by atoms with Crippen LogP contribution in [0.5, 0.6) is 0 Å². The van der Waals surface area contributed by atoms with Gasteiger partial charge in [-0.05, 0) is 95.7 Å². The van der Waals surface area contributed by atoms with Gasteiger partial charge in [-0.1, -0.05) is 121 Å². The molecule has 0 aliphatic rings. The second-order valence-electron chi connectivity index (χ2n) is 12.9. The van der Waals surface area contributed by atoms with Crippen molar-refractivity contribution >= 4 is 43.1 Å². The summed E-state index contributed by atoms with van der Waals surface area (Å²) in [6.07, 6.45) is 7.07. The van der Waals surface area contributed by atoms with E-state index in [1.807, 2.05) is 24.3 Å². The molecule has 5 heteroatoms. The first-order valence-electron chi connectivity index (χ1n) is 17.3. The van der Waals surface area contributed by atoms with Crippen LogP contribution in [0.15, 0.2) is 176 Å². The Labute approximate surface area is 300 Å². The highest BCUT2D eigenvalue weighted by atomic mass is 15.0. The van der Waals surface area contributed by atoms with E-state index in [1.165, 1.54) is 48.7 Å². The van der Waals surface area contributed by atoms with E-state index in [2.05, 4.69) is 137 Å². The second-order valence-corrected chi connectivity index (χ2v) is 12.9. The quantitative estimate of drug-likeness (QED) is 0.171. The molecule has 0 aliphatic carbocycles. The molecule has 242 valence electrons. The minimum absolute atomic E-state index is 0.556. The molecular formula is C47H29N5. The van der Waals surface area contributed by atoms with Crippen molar-refractivity contribution in [3.8, 4) is 56.4 Å². The van der Waals surface area contributed by atoms with Crippen LogP contribution in [0.25, 0.3) is 99.5 Å². The maximum absolute atomic E-state index is 5.04. The summed E-state index contributed by atoms with van der Waals surface area (Å²) in [6.45, 7) is 0. The molecule has 10 rings (SSSR count). The molecule has 0 amide bonds. The van der Waals surface area contributed by atoms with Crippen molar-refractivity contribution in [1.82, 2.24) is 24.9 Å². The molecule has 52 heavy (non-hydrogen) atoms. The predicted molar refractivity (Wildman–Crippen MR) is 213 cm³/mol. The highest BCUT2D eigenvalue weighted by molar-refractivity contribution is 6.28. The first-order chi connectivity index (χ1) is 25.8. The first kappa shape index (κ1) is 29.8. The molecule has 0 radical (unpaired) electrons. The molecule has 0 unspecified atom stereocenters. The lowest BCUT2D eigenvalue weighted by molar-refractivity contribution is 1.07. The van der Waals surface area contributed by atoms with Crippen LogP contribution in [0, 0.1) is 0 Å². The van der Waals surface area contributed by atoms with Gasteiger partial charge in [-0.2, -0.15) is 0 Å². The smallest absolute Gasteiger partial charge is 0.165 e. The summed E-state index contributed by atoms with van der Waals surface area (Å²) >= 11 is 0. The third-order valence-corrected chi connectivity index (χ3v) is 9.89. The van der Waals surface area contributed by atoms with Gasteiger partial charge in [0.1, 0.15) is 0 Å². The monoisotopic (exact) mass is 663 g/mol. The Morgan fingerprint density at radius 2 is 0.808 bits per heavy atom. The zero-order valence-corrected chi connectivity index (χ0v) is 28.0. The van der Waals surface area contributed by atoms with E-state index in [1.54, 1.807) is 24.8 Å². The molecular weight excluding hydrogens is 635 g/mol. The maximum Gasteiger partial charge on any atom is 0.165 e. The van der Waals surface area contributed by atoms with Gasteiger partial charge in [0.15, 0.2) is 17.5 Å². The van der Waals surface area contributed by atoms with Gasteiger partial charge in [-0.3, -0.25) is 9.97 Å². The molecule has 0 spiro atoms. The number of benzene rings is 7. The van der Waals surface area contributed by atoms with E-state index in [-0.39, 0.29) is 0 Å². The van der Waals surface area contributed by atoms with Gasteiger partial charge in [-0.15, -0.1) is 0 Å². The summed E-state index contributed by atoms with van der Waals surface area (Å²) in [4.78, 5) is 23.6. The fraction of sp³-hybridized carbons (Fsp3) is 0. The van der Waals surface area contributed by atoms with E-state index < -0.39 is 0 Å². The third-order valence-electron chi connectivity index (χ3n) is 9.89. The topological polar surface area (TPSA) is 64.5 Å². The van der Waals surface area contributed by atoms with Crippen molar-refractivity contribution in [3.63, 3.8) is 0 Å². The van der Waals surface area contributed by atoms with Gasteiger partial charge in [0, 0.05) is 41.5 Å². The average molecular weight is 664 g/mol. The molecule has 3 heterocycles. The van der Waals surface area contributed by atoms with Crippen LogP contribution in [-0.2, 0) is 0 Å². The van der Waals surface area contributed by atoms with Crippen molar-refractivity contribution in [2.75, 3.05) is 0 Å². The number of fused-ring (bicyclic) bond motifs is 7. The van der Waals surface area contributed by atoms with E-state index in [0.29, 0.717) is 17.5 Å². The van der Waals surface area contributed by atoms with E-state index in [0.717, 1.165) is 33.4 Å². The van der Waals surface area contributed by atoms with E-state index in [9.17, 15) is 0 Å². The fourth-order valence-electron chi connectivity index (χ4n) is 7.53. The minimum Gasteiger partial charge on any atom is -0.264 e. The second kappa shape index (κ2) is 12.3. The number of nitrogens with zero attached hydrogens (tertiary/aromatic N) is 5. The van der Waals surface area contributed by atoms with E-state index >= 15 is 0 Å². The Kier molecular flexibility index (Phi) is 7.07. The standard InChI is InChI=1S/C47H29N5/c1-2-15-34-30(11-1)12-7-20-35(34)43-27-31(45-50-46(32-13-9-25-48-28-32)52-47(51-45)33-14-10-26-49-29-33)23-24-39(43)42-22-8-21-41-38-17-4-3-16-36(38)37-18-5-6-19-40(37)44(41)42/h1-29H. The zero-order chi connectivity index (χ0) is 34.4. The Hall–Kier alpha value is -7.11. The highest BCUT2D eigenvalue weighted by Crippen LogP contribution is 2.45. The Bertz CT molecular complexity index is 2850. The normalized spacial score (nSPS) is 11.5. The predicted octanol–water partition coefficient (Wildman–Crippen LogP) is 11.6. The lowest BCUT2D eigenvalue weighted by atomic mass is 9.85. The number of aromatic nitrogens is 5. The molecule has 0 N–H and O–H groups in total. The summed E-state index contributed by atoms with van der Waals surface area (Å²) in [5, 5.41) is 9.83. The van der Waals surface area contributed by atoms with Crippen LogP contribution < -0.4 is 0 Å². The summed E-state index contributed by atoms with van der Waals surface area (Å²) in [5.41, 5.74) is 7.09. The lowest BCUT2D eigenvalue weighted by Gasteiger charge is -2.18. The Balaban J connectivity index is 1.28. The van der Waals surface area contributed by atoms with Gasteiger partial charge in [0.2, 0.25) is 0 Å². The molecule has 3 aromatic heterocycles. The third kappa shape index (κ3) is 4.98. The lowest BCUT2D eigenvalue weighted by Crippen LogP contribution is -2.01. The van der Waals surface area contributed by atoms with Crippen molar-refractivity contribution < 1.29 is 0 Å². The number of pyridine rings is 2. The maximum atomic E-state index is 5.04. The summed E-state index contributed by atoms with van der Waals surface area (Å²) < 4.78 is 0. The van der Waals surface area contributed by atoms with Crippen LogP contribution in [-0.4, -0.2) is 24.9 Å². The first-order valence-corrected chi connectivity index (χ1v) is 17.3. The van der Waals surface area contributed by atoms with Gasteiger partial charge in [0.25, 0.3) is 0 Å². The van der Waals surface area contributed by atoms with Gasteiger partial charge < -0.3 is 0 Å². The van der Waals surface area contributed by atoms with Gasteiger partial charge in [-0.25, -0.2) is 15.0 Å². The summed E-state index contributed by atoms with van der Waals surface area (Å²) in [6, 6.07) is 53.7. The summed E-state index contributed by atoms with van der Waals surface area (Å²) in [5.74, 6) is 1.69. The van der Waals surface area contributed by atoms with Crippen LogP contribution in [0.4, 0.5) is 0 Å². The average Bonchev–Trinajstić information content (AvgIpc) is 3.23. The molecule has 0 saturated carbocycles. The fourth-order valence-corrected chi connectivity index (χ4v) is 7.53. The van der Waals surface area contributed by atoms with Crippen LogP contribution >= 0.6 is 0 Å². The van der Waals surface area contributed by atoms with Crippen LogP contribution in [0.2, 0.25) is 0 Å². The van der Waals surface area contributed by atoms with Crippen molar-refractivity contribution in [2.24, 2.45) is 0 Å². The Morgan fingerprint density at radius 1 is 0.308 bits per heavy atom. The van der Waals surface area contributed by atoms with Crippen LogP contribution in [0.3, 0.4) is 0 Å². The number of hydrogen-bond donors (Lipinski definition) is 0. The molecule has 10 aromatic rings.